The fraction of sp³-hybridized carbons (Fsp3) is 0.400. The number of hydrogen-bond donors (Lipinski definition) is 0. The van der Waals surface area contributed by atoms with Crippen molar-refractivity contribution in [2.75, 3.05) is 13.6 Å². The highest BCUT2D eigenvalue weighted by molar-refractivity contribution is 7.11. The summed E-state index contributed by atoms with van der Waals surface area (Å²) in [5, 5.41) is 0. The van der Waals surface area contributed by atoms with Gasteiger partial charge >= 0.3 is 0 Å². The van der Waals surface area contributed by atoms with Gasteiger partial charge in [-0.25, -0.2) is 0 Å². The first-order valence-electron chi connectivity index (χ1n) is 4.07. The summed E-state index contributed by atoms with van der Waals surface area (Å²) >= 11 is 1.87. The van der Waals surface area contributed by atoms with Gasteiger partial charge in [-0.05, 0) is 26.1 Å². The van der Waals surface area contributed by atoms with Crippen LogP contribution in [0.15, 0.2) is 24.8 Å². The predicted molar refractivity (Wildman–Crippen MR) is 55.6 cm³/mol. The van der Waals surface area contributed by atoms with Crippen LogP contribution in [0.25, 0.3) is 0 Å². The Labute approximate surface area is 78.3 Å². The Bertz CT molecular complexity index is 252. The van der Waals surface area contributed by atoms with Gasteiger partial charge in [-0.2, -0.15) is 0 Å². The summed E-state index contributed by atoms with van der Waals surface area (Å²) < 4.78 is 0. The van der Waals surface area contributed by atoms with Crippen molar-refractivity contribution in [1.82, 2.24) is 4.90 Å². The summed E-state index contributed by atoms with van der Waals surface area (Å²) in [6, 6.07) is 4.36. The van der Waals surface area contributed by atoms with Crippen LogP contribution in [0.3, 0.4) is 0 Å². The summed E-state index contributed by atoms with van der Waals surface area (Å²) in [5.41, 5.74) is 0. The van der Waals surface area contributed by atoms with E-state index in [9.17, 15) is 0 Å². The molecule has 1 rings (SSSR count). The minimum Gasteiger partial charge on any atom is -0.298 e. The van der Waals surface area contributed by atoms with Gasteiger partial charge in [-0.3, -0.25) is 4.90 Å². The minimum absolute atomic E-state index is 0.955. The molecule has 0 amide bonds. The second-order valence-corrected chi connectivity index (χ2v) is 4.37. The van der Waals surface area contributed by atoms with Crippen LogP contribution in [0.1, 0.15) is 9.75 Å². The summed E-state index contributed by atoms with van der Waals surface area (Å²) in [4.78, 5) is 5.06. The van der Waals surface area contributed by atoms with Crippen LogP contribution < -0.4 is 0 Å². The summed E-state index contributed by atoms with van der Waals surface area (Å²) in [5.74, 6) is 0. The molecule has 2 heteroatoms. The van der Waals surface area contributed by atoms with Crippen LogP contribution in [0.5, 0.6) is 0 Å². The molecular formula is C10H15NS. The van der Waals surface area contributed by atoms with E-state index < -0.39 is 0 Å². The van der Waals surface area contributed by atoms with Gasteiger partial charge in [0, 0.05) is 22.8 Å². The first kappa shape index (κ1) is 9.49. The van der Waals surface area contributed by atoms with Crippen molar-refractivity contribution in [3.8, 4) is 0 Å². The van der Waals surface area contributed by atoms with E-state index in [1.807, 2.05) is 17.4 Å². The van der Waals surface area contributed by atoms with Crippen LogP contribution in [0.4, 0.5) is 0 Å². The molecule has 1 aromatic rings. The van der Waals surface area contributed by atoms with Gasteiger partial charge in [-0.15, -0.1) is 17.9 Å². The van der Waals surface area contributed by atoms with Crippen molar-refractivity contribution in [1.29, 1.82) is 0 Å². The van der Waals surface area contributed by atoms with Crippen molar-refractivity contribution < 1.29 is 0 Å². The monoisotopic (exact) mass is 181 g/mol. The highest BCUT2D eigenvalue weighted by Gasteiger charge is 1.99. The Morgan fingerprint density at radius 2 is 2.33 bits per heavy atom. The highest BCUT2D eigenvalue weighted by Crippen LogP contribution is 2.16. The van der Waals surface area contributed by atoms with Gasteiger partial charge in [0.2, 0.25) is 0 Å². The molecule has 0 aliphatic rings. The lowest BCUT2D eigenvalue weighted by Crippen LogP contribution is -2.16. The van der Waals surface area contributed by atoms with Gasteiger partial charge in [0.15, 0.2) is 0 Å². The number of aryl methyl sites for hydroxylation is 1. The fourth-order valence-electron chi connectivity index (χ4n) is 1.12. The Morgan fingerprint density at radius 1 is 1.58 bits per heavy atom. The molecule has 0 spiro atoms. The first-order chi connectivity index (χ1) is 5.72. The topological polar surface area (TPSA) is 3.24 Å². The molecular weight excluding hydrogens is 166 g/mol. The van der Waals surface area contributed by atoms with E-state index in [1.165, 1.54) is 9.75 Å². The Morgan fingerprint density at radius 3 is 2.83 bits per heavy atom. The lowest BCUT2D eigenvalue weighted by atomic mass is 10.4. The van der Waals surface area contributed by atoms with Crippen LogP contribution in [0.2, 0.25) is 0 Å². The first-order valence-corrected chi connectivity index (χ1v) is 4.89. The molecule has 66 valence electrons. The second-order valence-electron chi connectivity index (χ2n) is 3.00. The molecule has 1 nitrogen and oxygen atoms in total. The summed E-state index contributed by atoms with van der Waals surface area (Å²) in [6.45, 7) is 7.84. The Kier molecular flexibility index (Phi) is 3.50. The van der Waals surface area contributed by atoms with E-state index in [0.29, 0.717) is 0 Å². The molecule has 0 saturated heterocycles. The van der Waals surface area contributed by atoms with Gasteiger partial charge < -0.3 is 0 Å². The molecule has 0 radical (unpaired) electrons. The van der Waals surface area contributed by atoms with Crippen molar-refractivity contribution in [2.45, 2.75) is 13.5 Å². The smallest absolute Gasteiger partial charge is 0.0328 e. The van der Waals surface area contributed by atoms with Gasteiger partial charge in [0.1, 0.15) is 0 Å². The van der Waals surface area contributed by atoms with E-state index in [2.05, 4.69) is 37.6 Å². The van der Waals surface area contributed by atoms with Gasteiger partial charge in [0.25, 0.3) is 0 Å². The van der Waals surface area contributed by atoms with Crippen molar-refractivity contribution in [2.24, 2.45) is 0 Å². The van der Waals surface area contributed by atoms with E-state index in [-0.39, 0.29) is 0 Å². The lowest BCUT2D eigenvalue weighted by Gasteiger charge is -2.11. The standard InChI is InChI=1S/C10H15NS/c1-4-7-11(3)8-10-6-5-9(2)12-10/h4-6H,1,7-8H2,2-3H3. The molecule has 0 fully saturated rings. The van der Waals surface area contributed by atoms with Crippen LogP contribution in [-0.2, 0) is 6.54 Å². The quantitative estimate of drug-likeness (QED) is 0.645. The van der Waals surface area contributed by atoms with Crippen LogP contribution >= 0.6 is 11.3 Å². The number of nitrogens with zero attached hydrogens (tertiary/aromatic N) is 1. The zero-order chi connectivity index (χ0) is 8.97. The maximum atomic E-state index is 3.71. The molecule has 0 aliphatic carbocycles. The van der Waals surface area contributed by atoms with Crippen molar-refractivity contribution in [3.05, 3.63) is 34.5 Å². The average Bonchev–Trinajstić information content (AvgIpc) is 2.36. The zero-order valence-electron chi connectivity index (χ0n) is 7.71. The maximum Gasteiger partial charge on any atom is 0.0328 e. The molecule has 0 saturated carbocycles. The van der Waals surface area contributed by atoms with Crippen LogP contribution in [0, 0.1) is 6.92 Å². The van der Waals surface area contributed by atoms with Gasteiger partial charge in [-0.1, -0.05) is 6.08 Å². The largest absolute Gasteiger partial charge is 0.298 e. The highest BCUT2D eigenvalue weighted by atomic mass is 32.1. The molecule has 12 heavy (non-hydrogen) atoms. The number of thiophene rings is 1. The predicted octanol–water partition coefficient (Wildman–Crippen LogP) is 2.67. The third-order valence-electron chi connectivity index (χ3n) is 1.66. The SMILES string of the molecule is C=CCN(C)Cc1ccc(C)s1. The molecule has 0 aromatic carbocycles. The van der Waals surface area contributed by atoms with Crippen LogP contribution in [-0.4, -0.2) is 18.5 Å². The molecule has 0 atom stereocenters. The third kappa shape index (κ3) is 2.80. The van der Waals surface area contributed by atoms with E-state index >= 15 is 0 Å². The van der Waals surface area contributed by atoms with E-state index in [0.717, 1.165) is 13.1 Å². The Balaban J connectivity index is 2.46. The van der Waals surface area contributed by atoms with Gasteiger partial charge in [0.05, 0.1) is 0 Å². The number of rotatable bonds is 4. The molecule has 1 aromatic heterocycles. The second kappa shape index (κ2) is 4.43. The Hall–Kier alpha value is -0.600. The normalized spacial score (nSPS) is 10.6. The summed E-state index contributed by atoms with van der Waals surface area (Å²) in [6.07, 6.45) is 1.93. The third-order valence-corrected chi connectivity index (χ3v) is 2.65. The molecule has 0 bridgehead atoms. The summed E-state index contributed by atoms with van der Waals surface area (Å²) in [7, 11) is 2.11. The fourth-order valence-corrected chi connectivity index (χ4v) is 2.09. The molecule has 0 unspecified atom stereocenters. The molecule has 1 heterocycles. The average molecular weight is 181 g/mol. The van der Waals surface area contributed by atoms with E-state index in [1.54, 1.807) is 0 Å². The number of likely N-dealkylation sites (N-methyl/N-ethyl adjacent to an activating group) is 1. The maximum absolute atomic E-state index is 3.71. The van der Waals surface area contributed by atoms with Crippen molar-refractivity contribution in [3.63, 3.8) is 0 Å². The minimum atomic E-state index is 0.955. The van der Waals surface area contributed by atoms with Crippen molar-refractivity contribution >= 4 is 11.3 Å². The number of hydrogen-bond acceptors (Lipinski definition) is 2. The van der Waals surface area contributed by atoms with E-state index in [4.69, 9.17) is 0 Å². The molecule has 0 aliphatic heterocycles. The molecule has 0 N–H and O–H groups in total. The zero-order valence-corrected chi connectivity index (χ0v) is 8.53. The lowest BCUT2D eigenvalue weighted by molar-refractivity contribution is 0.367.